The highest BCUT2D eigenvalue weighted by Gasteiger charge is 2.49. The van der Waals surface area contributed by atoms with E-state index in [0.717, 1.165) is 30.7 Å². The van der Waals surface area contributed by atoms with Gasteiger partial charge >= 0.3 is 16.4 Å². The fourth-order valence-electron chi connectivity index (χ4n) is 3.86. The van der Waals surface area contributed by atoms with E-state index in [1.54, 1.807) is 0 Å². The second-order valence-electron chi connectivity index (χ2n) is 7.23. The van der Waals surface area contributed by atoms with Gasteiger partial charge in [0.1, 0.15) is 6.04 Å². The van der Waals surface area contributed by atoms with E-state index >= 15 is 0 Å². The molecule has 0 aromatic heterocycles. The Labute approximate surface area is 162 Å². The van der Waals surface area contributed by atoms with Gasteiger partial charge in [-0.2, -0.15) is 13.5 Å². The van der Waals surface area contributed by atoms with Gasteiger partial charge in [0.2, 0.25) is 5.91 Å². The first-order chi connectivity index (χ1) is 13.2. The Morgan fingerprint density at radius 2 is 2.00 bits per heavy atom. The summed E-state index contributed by atoms with van der Waals surface area (Å²) in [4.78, 5) is 37.8. The molecule has 3 atom stereocenters. The number of nitrogens with one attached hydrogen (secondary N) is 3. The Bertz CT molecular complexity index is 724. The molecule has 13 heteroatoms. The summed E-state index contributed by atoms with van der Waals surface area (Å²) in [5.74, 6) is -0.886. The lowest BCUT2D eigenvalue weighted by molar-refractivity contribution is -0.132. The molecule has 3 heterocycles. The molecule has 28 heavy (non-hydrogen) atoms. The Balaban J connectivity index is 1.46. The van der Waals surface area contributed by atoms with Crippen molar-refractivity contribution < 1.29 is 31.6 Å². The van der Waals surface area contributed by atoms with Crippen molar-refractivity contribution >= 4 is 28.2 Å². The predicted octanol–water partition coefficient (Wildman–Crippen LogP) is -0.941. The quantitative estimate of drug-likeness (QED) is 0.317. The SMILES string of the molecule is O=C(CC[C@H]1CCCCN1)NNC(=O)[C@@H]1CC[C@H]2CN1C(=O)N2OS(=O)(=O)O. The molecule has 3 saturated heterocycles. The maximum absolute atomic E-state index is 12.4. The van der Waals surface area contributed by atoms with Crippen LogP contribution in [-0.4, -0.2) is 72.0 Å². The normalized spacial score (nSPS) is 27.6. The van der Waals surface area contributed by atoms with Crippen LogP contribution in [0.2, 0.25) is 0 Å². The molecule has 3 aliphatic rings. The van der Waals surface area contributed by atoms with Crippen molar-refractivity contribution in [1.82, 2.24) is 26.1 Å². The van der Waals surface area contributed by atoms with Gasteiger partial charge in [0, 0.05) is 19.0 Å². The van der Waals surface area contributed by atoms with Gasteiger partial charge in [-0.15, -0.1) is 4.28 Å². The smallest absolute Gasteiger partial charge is 0.314 e. The molecule has 3 aliphatic heterocycles. The molecule has 0 unspecified atom stereocenters. The number of carbonyl (C=O) groups is 3. The highest BCUT2D eigenvalue weighted by molar-refractivity contribution is 7.80. The Kier molecular flexibility index (Phi) is 6.37. The zero-order valence-electron chi connectivity index (χ0n) is 15.3. The number of hydrazine groups is 1. The fourth-order valence-corrected chi connectivity index (χ4v) is 4.25. The number of carbonyl (C=O) groups excluding carboxylic acids is 3. The molecule has 0 spiro atoms. The van der Waals surface area contributed by atoms with Gasteiger partial charge < -0.3 is 10.2 Å². The minimum absolute atomic E-state index is 0.0910. The third-order valence-corrected chi connectivity index (χ3v) is 5.61. The number of hydroxylamine groups is 2. The number of nitrogens with zero attached hydrogens (tertiary/aromatic N) is 2. The summed E-state index contributed by atoms with van der Waals surface area (Å²) in [7, 11) is -4.84. The van der Waals surface area contributed by atoms with E-state index in [1.807, 2.05) is 0 Å². The molecule has 0 aliphatic carbocycles. The summed E-state index contributed by atoms with van der Waals surface area (Å²) >= 11 is 0. The van der Waals surface area contributed by atoms with Crippen LogP contribution in [0.3, 0.4) is 0 Å². The van der Waals surface area contributed by atoms with Crippen LogP contribution < -0.4 is 16.2 Å². The summed E-state index contributed by atoms with van der Waals surface area (Å²) in [6, 6.07) is -1.95. The van der Waals surface area contributed by atoms with E-state index in [-0.39, 0.29) is 25.3 Å². The topological polar surface area (TPSA) is 157 Å². The van der Waals surface area contributed by atoms with Gasteiger partial charge in [-0.3, -0.25) is 25.0 Å². The molecular formula is C15H25N5O7S. The average molecular weight is 419 g/mol. The molecule has 12 nitrogen and oxygen atoms in total. The number of urea groups is 1. The van der Waals surface area contributed by atoms with Crippen LogP contribution in [0.1, 0.15) is 44.9 Å². The van der Waals surface area contributed by atoms with Gasteiger partial charge in [-0.05, 0) is 38.6 Å². The Morgan fingerprint density at radius 3 is 2.68 bits per heavy atom. The number of hydrogen-bond acceptors (Lipinski definition) is 7. The van der Waals surface area contributed by atoms with Crippen LogP contribution in [0.4, 0.5) is 4.79 Å². The first-order valence-electron chi connectivity index (χ1n) is 9.33. The predicted molar refractivity (Wildman–Crippen MR) is 94.5 cm³/mol. The minimum Gasteiger partial charge on any atom is -0.314 e. The van der Waals surface area contributed by atoms with E-state index in [0.29, 0.717) is 23.9 Å². The molecule has 2 bridgehead atoms. The van der Waals surface area contributed by atoms with Gasteiger partial charge in [0.15, 0.2) is 0 Å². The Morgan fingerprint density at radius 1 is 1.21 bits per heavy atom. The number of hydrogen-bond donors (Lipinski definition) is 4. The lowest BCUT2D eigenvalue weighted by Gasteiger charge is -2.29. The molecule has 4 amide bonds. The van der Waals surface area contributed by atoms with Crippen LogP contribution in [0.25, 0.3) is 0 Å². The van der Waals surface area contributed by atoms with E-state index in [9.17, 15) is 22.8 Å². The fraction of sp³-hybridized carbons (Fsp3) is 0.800. The van der Waals surface area contributed by atoms with Crippen LogP contribution in [-0.2, 0) is 24.3 Å². The first kappa shape index (κ1) is 20.8. The maximum atomic E-state index is 12.4. The molecule has 4 N–H and O–H groups in total. The van der Waals surface area contributed by atoms with Crippen molar-refractivity contribution in [3.05, 3.63) is 0 Å². The van der Waals surface area contributed by atoms with E-state index in [4.69, 9.17) is 4.55 Å². The number of fused-ring (bicyclic) bond motifs is 2. The van der Waals surface area contributed by atoms with Gasteiger partial charge in [-0.1, -0.05) is 6.42 Å². The van der Waals surface area contributed by atoms with Crippen LogP contribution in [0.15, 0.2) is 0 Å². The minimum atomic E-state index is -4.84. The largest absolute Gasteiger partial charge is 0.418 e. The second kappa shape index (κ2) is 8.59. The van der Waals surface area contributed by atoms with Gasteiger partial charge in [0.05, 0.1) is 6.04 Å². The van der Waals surface area contributed by atoms with Crippen molar-refractivity contribution in [3.8, 4) is 0 Å². The van der Waals surface area contributed by atoms with E-state index in [1.165, 1.54) is 0 Å². The lowest BCUT2D eigenvalue weighted by atomic mass is 10.0. The van der Waals surface area contributed by atoms with Crippen LogP contribution in [0.5, 0.6) is 0 Å². The Hall–Kier alpha value is -1.96. The van der Waals surface area contributed by atoms with Gasteiger partial charge in [0.25, 0.3) is 5.91 Å². The molecule has 3 fully saturated rings. The monoisotopic (exact) mass is 419 g/mol. The third-order valence-electron chi connectivity index (χ3n) is 5.26. The molecule has 3 rings (SSSR count). The highest BCUT2D eigenvalue weighted by Crippen LogP contribution is 2.30. The molecule has 158 valence electrons. The lowest BCUT2D eigenvalue weighted by Crippen LogP contribution is -2.54. The van der Waals surface area contributed by atoms with Gasteiger partial charge in [-0.25, -0.2) is 4.79 Å². The summed E-state index contributed by atoms with van der Waals surface area (Å²) in [6.45, 7) is 1.04. The standard InChI is InChI=1S/C15H25N5O7S/c21-13(7-4-10-3-1-2-8-16-10)17-18-14(22)12-6-5-11-9-19(12)15(23)20(11)27-28(24,25)26/h10-12,16H,1-9H2,(H,17,21)(H,18,22)(H,24,25,26)/t10-,11+,12+/m1/s1. The van der Waals surface area contributed by atoms with Crippen molar-refractivity contribution in [2.24, 2.45) is 0 Å². The third kappa shape index (κ3) is 5.10. The van der Waals surface area contributed by atoms with Crippen molar-refractivity contribution in [2.75, 3.05) is 13.1 Å². The molecule has 0 aromatic rings. The summed E-state index contributed by atoms with van der Waals surface area (Å²) in [5, 5.41) is 3.91. The van der Waals surface area contributed by atoms with Crippen molar-refractivity contribution in [1.29, 1.82) is 0 Å². The number of piperidine rings is 2. The first-order valence-corrected chi connectivity index (χ1v) is 10.7. The van der Waals surface area contributed by atoms with E-state index < -0.39 is 34.4 Å². The number of rotatable bonds is 6. The second-order valence-corrected chi connectivity index (χ2v) is 8.24. The highest BCUT2D eigenvalue weighted by atomic mass is 32.3. The van der Waals surface area contributed by atoms with Crippen molar-refractivity contribution in [2.45, 2.75) is 63.1 Å². The maximum Gasteiger partial charge on any atom is 0.418 e. The average Bonchev–Trinajstić information content (AvgIpc) is 2.89. The van der Waals surface area contributed by atoms with Crippen LogP contribution in [0, 0.1) is 0 Å². The molecule has 0 saturated carbocycles. The van der Waals surface area contributed by atoms with Crippen molar-refractivity contribution in [3.63, 3.8) is 0 Å². The zero-order chi connectivity index (χ0) is 20.3. The van der Waals surface area contributed by atoms with E-state index in [2.05, 4.69) is 20.5 Å². The summed E-state index contributed by atoms with van der Waals surface area (Å²) in [5.41, 5.74) is 4.68. The molecule has 0 aromatic carbocycles. The molecule has 0 radical (unpaired) electrons. The van der Waals surface area contributed by atoms with Crippen LogP contribution >= 0.6 is 0 Å². The summed E-state index contributed by atoms with van der Waals surface area (Å²) < 4.78 is 34.8. The number of amides is 4. The molecular weight excluding hydrogens is 394 g/mol. The summed E-state index contributed by atoms with van der Waals surface area (Å²) in [6.07, 6.45) is 4.85. The zero-order valence-corrected chi connectivity index (χ0v) is 16.1.